The van der Waals surface area contributed by atoms with E-state index in [0.29, 0.717) is 6.54 Å². The number of hydrazine groups is 1. The van der Waals surface area contributed by atoms with E-state index in [1.807, 2.05) is 30.3 Å². The third kappa shape index (κ3) is 1.99. The highest BCUT2D eigenvalue weighted by molar-refractivity contribution is 5.45. The van der Waals surface area contributed by atoms with Crippen LogP contribution in [0, 0.1) is 12.3 Å². The summed E-state index contributed by atoms with van der Waals surface area (Å²) in [6, 6.07) is 9.61. The predicted octanol–water partition coefficient (Wildman–Crippen LogP) is 1.000. The maximum Gasteiger partial charge on any atom is 0.0947 e. The van der Waals surface area contributed by atoms with Crippen LogP contribution in [0.1, 0.15) is 0 Å². The largest absolute Gasteiger partial charge is 0.299 e. The highest BCUT2D eigenvalue weighted by Gasteiger charge is 1.94. The molecule has 1 aromatic rings. The highest BCUT2D eigenvalue weighted by atomic mass is 15.4. The number of hydrogen-bond donors (Lipinski definition) is 1. The summed E-state index contributed by atoms with van der Waals surface area (Å²) in [4.78, 5) is 0. The van der Waals surface area contributed by atoms with E-state index in [-0.39, 0.29) is 0 Å². The van der Waals surface area contributed by atoms with Gasteiger partial charge in [-0.15, -0.1) is 6.42 Å². The maximum atomic E-state index is 5.60. The summed E-state index contributed by atoms with van der Waals surface area (Å²) < 4.78 is 0. The summed E-state index contributed by atoms with van der Waals surface area (Å²) in [5.74, 6) is 8.06. The molecule has 0 radical (unpaired) electrons. The summed E-state index contributed by atoms with van der Waals surface area (Å²) in [7, 11) is 0. The second-order valence-electron chi connectivity index (χ2n) is 2.17. The summed E-state index contributed by atoms with van der Waals surface area (Å²) in [6.45, 7) is 0.435. The Kier molecular flexibility index (Phi) is 2.53. The molecule has 0 heterocycles. The molecule has 0 saturated carbocycles. The number of para-hydroxylation sites is 1. The van der Waals surface area contributed by atoms with Crippen molar-refractivity contribution in [1.29, 1.82) is 0 Å². The third-order valence-corrected chi connectivity index (χ3v) is 1.35. The van der Waals surface area contributed by atoms with Gasteiger partial charge in [-0.05, 0) is 12.1 Å². The quantitative estimate of drug-likeness (QED) is 0.383. The zero-order valence-electron chi connectivity index (χ0n) is 6.20. The maximum absolute atomic E-state index is 5.60. The molecule has 2 heteroatoms. The van der Waals surface area contributed by atoms with E-state index in [1.165, 1.54) is 5.01 Å². The molecule has 56 valence electrons. The molecule has 0 aliphatic heterocycles. The second-order valence-corrected chi connectivity index (χ2v) is 2.17. The van der Waals surface area contributed by atoms with Crippen LogP contribution in [0.3, 0.4) is 0 Å². The lowest BCUT2D eigenvalue weighted by molar-refractivity contribution is 0.955. The van der Waals surface area contributed by atoms with Crippen molar-refractivity contribution >= 4 is 5.69 Å². The Morgan fingerprint density at radius 2 is 2.00 bits per heavy atom. The Bertz CT molecular complexity index is 248. The Morgan fingerprint density at radius 1 is 1.36 bits per heavy atom. The Labute approximate surface area is 66.6 Å². The Balaban J connectivity index is 2.70. The van der Waals surface area contributed by atoms with Gasteiger partial charge in [-0.2, -0.15) is 0 Å². The van der Waals surface area contributed by atoms with Crippen LogP contribution in [0.2, 0.25) is 0 Å². The van der Waals surface area contributed by atoms with Gasteiger partial charge in [0.2, 0.25) is 0 Å². The van der Waals surface area contributed by atoms with Crippen LogP contribution in [0.5, 0.6) is 0 Å². The molecule has 0 atom stereocenters. The van der Waals surface area contributed by atoms with Crippen molar-refractivity contribution in [1.82, 2.24) is 0 Å². The van der Waals surface area contributed by atoms with Crippen molar-refractivity contribution in [3.05, 3.63) is 30.3 Å². The molecular formula is C9H10N2. The monoisotopic (exact) mass is 146 g/mol. The predicted molar refractivity (Wildman–Crippen MR) is 46.8 cm³/mol. The summed E-state index contributed by atoms with van der Waals surface area (Å²) in [6.07, 6.45) is 5.10. The van der Waals surface area contributed by atoms with E-state index < -0.39 is 0 Å². The minimum Gasteiger partial charge on any atom is -0.299 e. The molecule has 0 unspecified atom stereocenters. The van der Waals surface area contributed by atoms with Crippen LogP contribution in [0.4, 0.5) is 5.69 Å². The van der Waals surface area contributed by atoms with Crippen molar-refractivity contribution in [2.24, 2.45) is 5.84 Å². The Morgan fingerprint density at radius 3 is 2.55 bits per heavy atom. The molecule has 1 aromatic carbocycles. The smallest absolute Gasteiger partial charge is 0.0947 e. The van der Waals surface area contributed by atoms with Crippen LogP contribution in [-0.4, -0.2) is 6.54 Å². The van der Waals surface area contributed by atoms with Gasteiger partial charge in [0, 0.05) is 0 Å². The van der Waals surface area contributed by atoms with E-state index in [2.05, 4.69) is 5.92 Å². The van der Waals surface area contributed by atoms with E-state index in [0.717, 1.165) is 5.69 Å². The number of hydrogen-bond acceptors (Lipinski definition) is 2. The molecule has 0 fully saturated rings. The van der Waals surface area contributed by atoms with Gasteiger partial charge >= 0.3 is 0 Å². The van der Waals surface area contributed by atoms with E-state index in [4.69, 9.17) is 12.3 Å². The van der Waals surface area contributed by atoms with Gasteiger partial charge in [0.1, 0.15) is 0 Å². The minimum atomic E-state index is 0.435. The fourth-order valence-corrected chi connectivity index (χ4v) is 0.809. The summed E-state index contributed by atoms with van der Waals surface area (Å²) >= 11 is 0. The molecule has 0 amide bonds. The number of anilines is 1. The third-order valence-electron chi connectivity index (χ3n) is 1.35. The van der Waals surface area contributed by atoms with Gasteiger partial charge in [-0.1, -0.05) is 24.1 Å². The number of nitrogens with zero attached hydrogens (tertiary/aromatic N) is 1. The average Bonchev–Trinajstić information content (AvgIpc) is 2.07. The lowest BCUT2D eigenvalue weighted by atomic mass is 10.3. The first kappa shape index (κ1) is 7.64. The standard InChI is InChI=1S/C9H10N2/c1-2-8-11(10)9-6-4-3-5-7-9/h1,3-7H,8,10H2. The van der Waals surface area contributed by atoms with Gasteiger partial charge in [0.15, 0.2) is 0 Å². The number of nitrogens with two attached hydrogens (primary N) is 1. The Hall–Kier alpha value is -1.46. The van der Waals surface area contributed by atoms with Gasteiger partial charge in [0.25, 0.3) is 0 Å². The van der Waals surface area contributed by atoms with Crippen molar-refractivity contribution in [3.8, 4) is 12.3 Å². The zero-order chi connectivity index (χ0) is 8.10. The first-order valence-electron chi connectivity index (χ1n) is 3.35. The summed E-state index contributed by atoms with van der Waals surface area (Å²) in [5.41, 5.74) is 0.936. The fraction of sp³-hybridized carbons (Fsp3) is 0.111. The first-order chi connectivity index (χ1) is 5.34. The lowest BCUT2D eigenvalue weighted by Crippen LogP contribution is -2.30. The molecule has 11 heavy (non-hydrogen) atoms. The molecule has 0 saturated heterocycles. The van der Waals surface area contributed by atoms with Crippen LogP contribution in [-0.2, 0) is 0 Å². The molecule has 2 nitrogen and oxygen atoms in total. The second kappa shape index (κ2) is 3.65. The number of rotatable bonds is 2. The fourth-order valence-electron chi connectivity index (χ4n) is 0.809. The van der Waals surface area contributed by atoms with Crippen LogP contribution < -0.4 is 10.9 Å². The van der Waals surface area contributed by atoms with Crippen LogP contribution >= 0.6 is 0 Å². The van der Waals surface area contributed by atoms with Crippen molar-refractivity contribution in [3.63, 3.8) is 0 Å². The zero-order valence-corrected chi connectivity index (χ0v) is 6.20. The van der Waals surface area contributed by atoms with Gasteiger partial charge in [-0.25, -0.2) is 5.84 Å². The minimum absolute atomic E-state index is 0.435. The normalized spacial score (nSPS) is 8.73. The lowest BCUT2D eigenvalue weighted by Gasteiger charge is -2.14. The highest BCUT2D eigenvalue weighted by Crippen LogP contribution is 2.07. The van der Waals surface area contributed by atoms with Gasteiger partial charge < -0.3 is 0 Å². The molecule has 0 bridgehead atoms. The van der Waals surface area contributed by atoms with E-state index in [1.54, 1.807) is 0 Å². The average molecular weight is 146 g/mol. The van der Waals surface area contributed by atoms with Gasteiger partial charge in [0.05, 0.1) is 12.2 Å². The van der Waals surface area contributed by atoms with Crippen molar-refractivity contribution in [2.45, 2.75) is 0 Å². The summed E-state index contributed by atoms with van der Waals surface area (Å²) in [5, 5.41) is 1.53. The van der Waals surface area contributed by atoms with Crippen molar-refractivity contribution in [2.75, 3.05) is 11.6 Å². The molecule has 1 rings (SSSR count). The topological polar surface area (TPSA) is 29.3 Å². The molecule has 2 N–H and O–H groups in total. The van der Waals surface area contributed by atoms with Crippen LogP contribution in [0.15, 0.2) is 30.3 Å². The van der Waals surface area contributed by atoms with E-state index in [9.17, 15) is 0 Å². The molecule has 0 aliphatic carbocycles. The number of terminal acetylenes is 1. The van der Waals surface area contributed by atoms with Crippen molar-refractivity contribution < 1.29 is 0 Å². The molecular weight excluding hydrogens is 136 g/mol. The molecule has 0 spiro atoms. The van der Waals surface area contributed by atoms with Crippen LogP contribution in [0.25, 0.3) is 0 Å². The molecule has 0 aromatic heterocycles. The SMILES string of the molecule is C#CCN(N)c1ccccc1. The van der Waals surface area contributed by atoms with E-state index >= 15 is 0 Å². The number of benzene rings is 1. The van der Waals surface area contributed by atoms with Gasteiger partial charge in [-0.3, -0.25) is 5.01 Å². The first-order valence-corrected chi connectivity index (χ1v) is 3.35. The molecule has 0 aliphatic rings.